The summed E-state index contributed by atoms with van der Waals surface area (Å²) in [5.74, 6) is 1.09. The Bertz CT molecular complexity index is 418. The van der Waals surface area contributed by atoms with Crippen molar-refractivity contribution >= 4 is 21.7 Å². The minimum Gasteiger partial charge on any atom is -0.493 e. The van der Waals surface area contributed by atoms with Crippen molar-refractivity contribution in [2.24, 2.45) is 0 Å². The Morgan fingerprint density at radius 1 is 1.56 bits per heavy atom. The highest BCUT2D eigenvalue weighted by Crippen LogP contribution is 2.33. The van der Waals surface area contributed by atoms with Crippen LogP contribution in [0.25, 0.3) is 0 Å². The molecule has 1 aliphatic rings. The Morgan fingerprint density at radius 3 is 3.12 bits per heavy atom. The van der Waals surface area contributed by atoms with E-state index in [1.807, 2.05) is 6.07 Å². The number of likely N-dealkylation sites (N-methyl/N-ethyl adjacent to an activating group) is 1. The molecule has 0 aromatic heterocycles. The normalized spacial score (nSPS) is 13.4. The number of fused-ring (bicyclic) bond motifs is 1. The van der Waals surface area contributed by atoms with Gasteiger partial charge in [-0.05, 0) is 24.7 Å². The van der Waals surface area contributed by atoms with Gasteiger partial charge in [0.15, 0.2) is 5.78 Å². The average Bonchev–Trinajstić information content (AvgIpc) is 2.65. The lowest BCUT2D eigenvalue weighted by atomic mass is 10.0. The van der Waals surface area contributed by atoms with Crippen LogP contribution in [-0.2, 0) is 17.6 Å². The topological polar surface area (TPSA) is 38.3 Å². The quantitative estimate of drug-likeness (QED) is 0.915. The Morgan fingerprint density at radius 2 is 2.38 bits per heavy atom. The molecule has 1 heterocycles. The molecule has 1 N–H and O–H groups in total. The average molecular weight is 284 g/mol. The Hall–Kier alpha value is -0.870. The molecule has 0 bridgehead atoms. The van der Waals surface area contributed by atoms with E-state index in [2.05, 4.69) is 27.3 Å². The molecule has 16 heavy (non-hydrogen) atoms. The van der Waals surface area contributed by atoms with E-state index in [9.17, 15) is 4.79 Å². The molecule has 1 aliphatic heterocycles. The molecule has 2 rings (SSSR count). The summed E-state index contributed by atoms with van der Waals surface area (Å²) in [7, 11) is 1.78. The number of hydrogen-bond acceptors (Lipinski definition) is 3. The molecular formula is C12H14BrNO2. The molecular weight excluding hydrogens is 270 g/mol. The van der Waals surface area contributed by atoms with Crippen LogP contribution in [0, 0.1) is 0 Å². The lowest BCUT2D eigenvalue weighted by Gasteiger charge is -2.08. The van der Waals surface area contributed by atoms with Crippen molar-refractivity contribution in [3.63, 3.8) is 0 Å². The van der Waals surface area contributed by atoms with E-state index in [1.54, 1.807) is 7.05 Å². The van der Waals surface area contributed by atoms with Gasteiger partial charge in [-0.3, -0.25) is 4.79 Å². The van der Waals surface area contributed by atoms with Gasteiger partial charge in [-0.2, -0.15) is 0 Å². The number of rotatable bonds is 4. The lowest BCUT2D eigenvalue weighted by molar-refractivity contribution is -0.117. The highest BCUT2D eigenvalue weighted by atomic mass is 79.9. The largest absolute Gasteiger partial charge is 0.493 e. The summed E-state index contributed by atoms with van der Waals surface area (Å²) in [5.41, 5.74) is 2.18. The van der Waals surface area contributed by atoms with E-state index in [0.717, 1.165) is 28.8 Å². The van der Waals surface area contributed by atoms with Gasteiger partial charge in [0.2, 0.25) is 0 Å². The van der Waals surface area contributed by atoms with Crippen LogP contribution in [0.2, 0.25) is 0 Å². The van der Waals surface area contributed by atoms with Crippen LogP contribution in [0.15, 0.2) is 16.6 Å². The van der Waals surface area contributed by atoms with E-state index in [4.69, 9.17) is 4.74 Å². The van der Waals surface area contributed by atoms with Gasteiger partial charge in [0.05, 0.1) is 13.2 Å². The summed E-state index contributed by atoms with van der Waals surface area (Å²) in [5, 5.41) is 2.87. The third kappa shape index (κ3) is 2.44. The predicted molar refractivity (Wildman–Crippen MR) is 66.0 cm³/mol. The zero-order chi connectivity index (χ0) is 11.5. The first kappa shape index (κ1) is 11.6. The molecule has 1 aromatic rings. The molecule has 86 valence electrons. The van der Waals surface area contributed by atoms with Gasteiger partial charge in [0, 0.05) is 22.9 Å². The zero-order valence-electron chi connectivity index (χ0n) is 9.18. The molecule has 0 aliphatic carbocycles. The second-order valence-electron chi connectivity index (χ2n) is 3.90. The molecule has 3 nitrogen and oxygen atoms in total. The highest BCUT2D eigenvalue weighted by molar-refractivity contribution is 9.10. The first-order valence-corrected chi connectivity index (χ1v) is 6.10. The van der Waals surface area contributed by atoms with Crippen LogP contribution < -0.4 is 10.1 Å². The third-order valence-electron chi connectivity index (χ3n) is 2.59. The molecule has 0 saturated heterocycles. The SMILES string of the molecule is CNCC(=O)Cc1cc(Br)cc2c1OCC2. The van der Waals surface area contributed by atoms with Crippen LogP contribution in [0.5, 0.6) is 5.75 Å². The number of benzene rings is 1. The van der Waals surface area contributed by atoms with Crippen LogP contribution in [0.4, 0.5) is 0 Å². The van der Waals surface area contributed by atoms with Gasteiger partial charge in [0.1, 0.15) is 5.75 Å². The van der Waals surface area contributed by atoms with E-state index in [0.29, 0.717) is 13.0 Å². The minimum absolute atomic E-state index is 0.179. The predicted octanol–water partition coefficient (Wildman–Crippen LogP) is 1.71. The van der Waals surface area contributed by atoms with Gasteiger partial charge >= 0.3 is 0 Å². The second kappa shape index (κ2) is 4.97. The van der Waals surface area contributed by atoms with Gasteiger partial charge in [-0.1, -0.05) is 15.9 Å². The zero-order valence-corrected chi connectivity index (χ0v) is 10.8. The molecule has 1 aromatic carbocycles. The third-order valence-corrected chi connectivity index (χ3v) is 3.04. The van der Waals surface area contributed by atoms with Crippen molar-refractivity contribution in [3.8, 4) is 5.75 Å². The van der Waals surface area contributed by atoms with Crippen molar-refractivity contribution in [1.29, 1.82) is 0 Å². The van der Waals surface area contributed by atoms with Gasteiger partial charge in [-0.15, -0.1) is 0 Å². The first-order valence-electron chi connectivity index (χ1n) is 5.31. The van der Waals surface area contributed by atoms with E-state index < -0.39 is 0 Å². The van der Waals surface area contributed by atoms with Crippen LogP contribution >= 0.6 is 15.9 Å². The Balaban J connectivity index is 2.23. The summed E-state index contributed by atoms with van der Waals surface area (Å²) in [6.45, 7) is 1.13. The van der Waals surface area contributed by atoms with Crippen molar-refractivity contribution < 1.29 is 9.53 Å². The van der Waals surface area contributed by atoms with Crippen LogP contribution in [0.1, 0.15) is 11.1 Å². The molecule has 0 radical (unpaired) electrons. The summed E-state index contributed by atoms with van der Waals surface area (Å²) >= 11 is 3.46. The van der Waals surface area contributed by atoms with E-state index in [-0.39, 0.29) is 5.78 Å². The summed E-state index contributed by atoms with van der Waals surface area (Å²) in [4.78, 5) is 11.6. The molecule has 0 atom stereocenters. The number of ketones is 1. The van der Waals surface area contributed by atoms with Crippen molar-refractivity contribution in [3.05, 3.63) is 27.7 Å². The fourth-order valence-corrected chi connectivity index (χ4v) is 2.50. The number of hydrogen-bond donors (Lipinski definition) is 1. The summed E-state index contributed by atoms with van der Waals surface area (Å²) in [6.07, 6.45) is 1.37. The molecule has 0 unspecified atom stereocenters. The van der Waals surface area contributed by atoms with Crippen molar-refractivity contribution in [1.82, 2.24) is 5.32 Å². The molecule has 0 spiro atoms. The maximum Gasteiger partial charge on any atom is 0.151 e. The van der Waals surface area contributed by atoms with Gasteiger partial charge in [0.25, 0.3) is 0 Å². The number of halogens is 1. The molecule has 0 fully saturated rings. The second-order valence-corrected chi connectivity index (χ2v) is 4.81. The molecule has 0 saturated carbocycles. The number of carbonyl (C=O) groups is 1. The smallest absolute Gasteiger partial charge is 0.151 e. The maximum atomic E-state index is 11.6. The summed E-state index contributed by atoms with van der Waals surface area (Å²) in [6, 6.07) is 4.03. The van der Waals surface area contributed by atoms with Crippen molar-refractivity contribution in [2.75, 3.05) is 20.2 Å². The Kier molecular flexibility index (Phi) is 3.61. The van der Waals surface area contributed by atoms with Gasteiger partial charge in [-0.25, -0.2) is 0 Å². The fraction of sp³-hybridized carbons (Fsp3) is 0.417. The number of nitrogens with one attached hydrogen (secondary N) is 1. The minimum atomic E-state index is 0.179. The van der Waals surface area contributed by atoms with Gasteiger partial charge < -0.3 is 10.1 Å². The van der Waals surface area contributed by atoms with Crippen molar-refractivity contribution in [2.45, 2.75) is 12.8 Å². The highest BCUT2D eigenvalue weighted by Gasteiger charge is 2.18. The number of ether oxygens (including phenoxy) is 1. The standard InChI is InChI=1S/C12H14BrNO2/c1-14-7-11(15)6-9-5-10(13)4-8-2-3-16-12(8)9/h4-5,14H,2-3,6-7H2,1H3. The Labute approximate surface area is 103 Å². The first-order chi connectivity index (χ1) is 7.70. The van der Waals surface area contributed by atoms with E-state index >= 15 is 0 Å². The molecule has 0 amide bonds. The fourth-order valence-electron chi connectivity index (χ4n) is 1.95. The monoisotopic (exact) mass is 283 g/mol. The molecule has 4 heteroatoms. The van der Waals surface area contributed by atoms with Crippen LogP contribution in [-0.4, -0.2) is 26.0 Å². The van der Waals surface area contributed by atoms with E-state index in [1.165, 1.54) is 5.56 Å². The number of Topliss-reactive ketones (excluding diaryl/α,β-unsaturated/α-hetero) is 1. The maximum absolute atomic E-state index is 11.6. The number of carbonyl (C=O) groups excluding carboxylic acids is 1. The lowest BCUT2D eigenvalue weighted by Crippen LogP contribution is -2.20. The summed E-state index contributed by atoms with van der Waals surface area (Å²) < 4.78 is 6.59. The van der Waals surface area contributed by atoms with Crippen LogP contribution in [0.3, 0.4) is 0 Å².